The van der Waals surface area contributed by atoms with E-state index in [0.29, 0.717) is 17.8 Å². The molecule has 1 aliphatic rings. The van der Waals surface area contributed by atoms with E-state index in [1.54, 1.807) is 6.92 Å². The Hall–Kier alpha value is -0.920. The molecule has 7 heteroatoms. The van der Waals surface area contributed by atoms with Crippen LogP contribution in [0.5, 0.6) is 0 Å². The molecule has 1 fully saturated rings. The van der Waals surface area contributed by atoms with Crippen LogP contribution in [0.1, 0.15) is 37.4 Å². The highest BCUT2D eigenvalue weighted by Crippen LogP contribution is 2.32. The van der Waals surface area contributed by atoms with Gasteiger partial charge in [-0.15, -0.1) is 0 Å². The Kier molecular flexibility index (Phi) is 3.74. The van der Waals surface area contributed by atoms with Gasteiger partial charge in [-0.05, 0) is 26.2 Å². The summed E-state index contributed by atoms with van der Waals surface area (Å²) in [4.78, 5) is 0. The van der Waals surface area contributed by atoms with E-state index < -0.39 is 10.0 Å². The van der Waals surface area contributed by atoms with Crippen molar-refractivity contribution in [2.45, 2.75) is 50.8 Å². The van der Waals surface area contributed by atoms with Crippen LogP contribution in [0.15, 0.2) is 5.03 Å². The van der Waals surface area contributed by atoms with Crippen LogP contribution in [-0.4, -0.2) is 40.6 Å². The van der Waals surface area contributed by atoms with Crippen LogP contribution >= 0.6 is 0 Å². The fourth-order valence-electron chi connectivity index (χ4n) is 2.02. The van der Waals surface area contributed by atoms with E-state index in [0.717, 1.165) is 19.3 Å². The topological polar surface area (TPSA) is 86.3 Å². The number of nitrogens with zero attached hydrogens (tertiary/aromatic N) is 2. The van der Waals surface area contributed by atoms with Crippen LogP contribution in [-0.2, 0) is 16.6 Å². The third kappa shape index (κ3) is 2.30. The Labute approximate surface area is 107 Å². The highest BCUT2D eigenvalue weighted by molar-refractivity contribution is 7.89. The van der Waals surface area contributed by atoms with Gasteiger partial charge >= 0.3 is 0 Å². The summed E-state index contributed by atoms with van der Waals surface area (Å²) in [7, 11) is -3.59. The minimum Gasteiger partial charge on any atom is -0.392 e. The molecule has 1 heterocycles. The quantitative estimate of drug-likeness (QED) is 0.801. The van der Waals surface area contributed by atoms with Crippen molar-refractivity contribution in [3.63, 3.8) is 0 Å². The molecule has 102 valence electrons. The summed E-state index contributed by atoms with van der Waals surface area (Å²) >= 11 is 0. The van der Waals surface area contributed by atoms with Crippen molar-refractivity contribution in [3.05, 3.63) is 11.3 Å². The van der Waals surface area contributed by atoms with Crippen molar-refractivity contribution in [3.8, 4) is 0 Å². The number of hydrogen-bond acceptors (Lipinski definition) is 4. The van der Waals surface area contributed by atoms with Gasteiger partial charge in [-0.1, -0.05) is 6.92 Å². The maximum atomic E-state index is 12.5. The number of aryl methyl sites for hydroxylation is 1. The summed E-state index contributed by atoms with van der Waals surface area (Å²) < 4.78 is 26.6. The lowest BCUT2D eigenvalue weighted by Gasteiger charge is -2.20. The van der Waals surface area contributed by atoms with Gasteiger partial charge in [0.15, 0.2) is 5.03 Å². The smallest absolute Gasteiger partial charge is 0.263 e. The number of H-pyrrole nitrogens is 1. The van der Waals surface area contributed by atoms with Crippen molar-refractivity contribution in [1.82, 2.24) is 14.5 Å². The Morgan fingerprint density at radius 2 is 2.17 bits per heavy atom. The van der Waals surface area contributed by atoms with E-state index in [9.17, 15) is 13.5 Å². The Bertz CT molecular complexity index is 520. The highest BCUT2D eigenvalue weighted by Gasteiger charge is 2.39. The van der Waals surface area contributed by atoms with Crippen molar-refractivity contribution < 1.29 is 13.5 Å². The summed E-state index contributed by atoms with van der Waals surface area (Å²) in [6, 6.07) is 0.110. The summed E-state index contributed by atoms with van der Waals surface area (Å²) in [5, 5.41) is 15.7. The van der Waals surface area contributed by atoms with E-state index in [4.69, 9.17) is 0 Å². The zero-order valence-corrected chi connectivity index (χ0v) is 11.5. The molecule has 0 radical (unpaired) electrons. The third-order valence-corrected chi connectivity index (χ3v) is 5.07. The monoisotopic (exact) mass is 273 g/mol. The first kappa shape index (κ1) is 13.5. The molecule has 0 aromatic carbocycles. The van der Waals surface area contributed by atoms with Crippen molar-refractivity contribution in [2.75, 3.05) is 6.54 Å². The van der Waals surface area contributed by atoms with Crippen molar-refractivity contribution >= 4 is 10.0 Å². The number of hydrogen-bond donors (Lipinski definition) is 2. The number of aliphatic hydroxyl groups is 1. The van der Waals surface area contributed by atoms with Crippen LogP contribution in [0.2, 0.25) is 0 Å². The number of nitrogens with one attached hydrogen (secondary N) is 1. The molecule has 1 saturated carbocycles. The van der Waals surface area contributed by atoms with Gasteiger partial charge in [-0.2, -0.15) is 9.40 Å². The largest absolute Gasteiger partial charge is 0.392 e. The van der Waals surface area contributed by atoms with Gasteiger partial charge in [0.25, 0.3) is 10.0 Å². The number of aromatic nitrogens is 2. The van der Waals surface area contributed by atoms with Crippen molar-refractivity contribution in [1.29, 1.82) is 0 Å². The first-order valence-corrected chi connectivity index (χ1v) is 7.63. The Morgan fingerprint density at radius 3 is 2.67 bits per heavy atom. The van der Waals surface area contributed by atoms with E-state index in [2.05, 4.69) is 10.2 Å². The zero-order chi connectivity index (χ0) is 13.3. The molecule has 0 spiro atoms. The van der Waals surface area contributed by atoms with Gasteiger partial charge in [0.2, 0.25) is 0 Å². The molecule has 2 rings (SSSR count). The molecule has 0 bridgehead atoms. The average Bonchev–Trinajstić information content (AvgIpc) is 3.08. The molecule has 0 saturated heterocycles. The van der Waals surface area contributed by atoms with Crippen molar-refractivity contribution in [2.24, 2.45) is 0 Å². The van der Waals surface area contributed by atoms with Gasteiger partial charge < -0.3 is 5.11 Å². The van der Waals surface area contributed by atoms with E-state index in [1.807, 2.05) is 6.92 Å². The van der Waals surface area contributed by atoms with E-state index in [-0.39, 0.29) is 17.7 Å². The van der Waals surface area contributed by atoms with Crippen LogP contribution in [0.3, 0.4) is 0 Å². The van der Waals surface area contributed by atoms with Crippen LogP contribution in [0.4, 0.5) is 0 Å². The van der Waals surface area contributed by atoms with Gasteiger partial charge in [0, 0.05) is 23.8 Å². The molecule has 6 nitrogen and oxygen atoms in total. The maximum absolute atomic E-state index is 12.5. The zero-order valence-electron chi connectivity index (χ0n) is 10.7. The summed E-state index contributed by atoms with van der Waals surface area (Å²) in [6.45, 7) is 3.85. The van der Waals surface area contributed by atoms with Gasteiger partial charge in [0.1, 0.15) is 0 Å². The average molecular weight is 273 g/mol. The van der Waals surface area contributed by atoms with E-state index >= 15 is 0 Å². The molecule has 2 N–H and O–H groups in total. The first-order valence-electron chi connectivity index (χ1n) is 6.19. The fraction of sp³-hybridized carbons (Fsp3) is 0.727. The summed E-state index contributed by atoms with van der Waals surface area (Å²) in [5.41, 5.74) is 0.972. The number of rotatable bonds is 6. The molecular formula is C11H19N3O3S. The lowest BCUT2D eigenvalue weighted by molar-refractivity contribution is 0.277. The molecule has 0 unspecified atom stereocenters. The number of sulfonamides is 1. The Balaban J connectivity index is 2.39. The van der Waals surface area contributed by atoms with Gasteiger partial charge in [-0.3, -0.25) is 5.10 Å². The Morgan fingerprint density at radius 1 is 1.50 bits per heavy atom. The second kappa shape index (κ2) is 4.99. The molecule has 1 aliphatic carbocycles. The molecule has 18 heavy (non-hydrogen) atoms. The summed E-state index contributed by atoms with van der Waals surface area (Å²) in [6.07, 6.45) is 2.60. The SMILES string of the molecule is CCCN(C1CC1)S(=O)(=O)c1n[nH]c(C)c1CO. The standard InChI is InChI=1S/C11H19N3O3S/c1-3-6-14(9-4-5-9)18(16,17)11-10(7-15)8(2)12-13-11/h9,15H,3-7H2,1-2H3,(H,12,13). The van der Waals surface area contributed by atoms with Gasteiger partial charge in [0.05, 0.1) is 6.61 Å². The second-order valence-electron chi connectivity index (χ2n) is 4.64. The van der Waals surface area contributed by atoms with E-state index in [1.165, 1.54) is 4.31 Å². The minimum absolute atomic E-state index is 0.0251. The van der Waals surface area contributed by atoms with Crippen LogP contribution in [0.25, 0.3) is 0 Å². The van der Waals surface area contributed by atoms with Crippen LogP contribution < -0.4 is 0 Å². The second-order valence-corrected chi connectivity index (χ2v) is 6.44. The highest BCUT2D eigenvalue weighted by atomic mass is 32.2. The predicted octanol–water partition coefficient (Wildman–Crippen LogP) is 0.774. The molecular weight excluding hydrogens is 254 g/mol. The van der Waals surface area contributed by atoms with Crippen LogP contribution in [0, 0.1) is 6.92 Å². The molecule has 1 aromatic heterocycles. The molecule has 0 amide bonds. The predicted molar refractivity (Wildman–Crippen MR) is 66.5 cm³/mol. The summed E-state index contributed by atoms with van der Waals surface area (Å²) in [5.74, 6) is 0. The lowest BCUT2D eigenvalue weighted by atomic mass is 10.3. The maximum Gasteiger partial charge on any atom is 0.263 e. The fourth-order valence-corrected chi connectivity index (χ4v) is 3.96. The number of aromatic amines is 1. The normalized spacial score (nSPS) is 16.4. The molecule has 0 aliphatic heterocycles. The lowest BCUT2D eigenvalue weighted by Crippen LogP contribution is -2.34. The molecule has 1 aromatic rings. The molecule has 0 atom stereocenters. The van der Waals surface area contributed by atoms with Gasteiger partial charge in [-0.25, -0.2) is 8.42 Å². The first-order chi connectivity index (χ1) is 8.52. The number of aliphatic hydroxyl groups excluding tert-OH is 1. The third-order valence-electron chi connectivity index (χ3n) is 3.15. The minimum atomic E-state index is -3.59.